The number of rotatable bonds is 7. The Bertz CT molecular complexity index is 623. The summed E-state index contributed by atoms with van der Waals surface area (Å²) in [4.78, 5) is 28.7. The van der Waals surface area contributed by atoms with Crippen LogP contribution in [0.4, 0.5) is 4.79 Å². The number of amides is 3. The van der Waals surface area contributed by atoms with Gasteiger partial charge in [0, 0.05) is 52.4 Å². The lowest BCUT2D eigenvalue weighted by Crippen LogP contribution is -2.47. The third-order valence-electron chi connectivity index (χ3n) is 5.86. The maximum absolute atomic E-state index is 12.7. The number of nitrogens with zero attached hydrogens (tertiary/aromatic N) is 2. The Morgan fingerprint density at radius 1 is 1.18 bits per heavy atom. The van der Waals surface area contributed by atoms with Crippen LogP contribution < -0.4 is 5.32 Å². The number of nitrogens with one attached hydrogen (secondary N) is 1. The first-order valence-electron chi connectivity index (χ1n) is 10.5. The second kappa shape index (κ2) is 10.5. The van der Waals surface area contributed by atoms with Crippen LogP contribution >= 0.6 is 0 Å². The van der Waals surface area contributed by atoms with Crippen LogP contribution in [0, 0.1) is 11.8 Å². The number of benzene rings is 1. The molecule has 0 spiro atoms. The molecule has 1 aromatic rings. The molecule has 2 heterocycles. The van der Waals surface area contributed by atoms with Crippen molar-refractivity contribution in [1.82, 2.24) is 15.1 Å². The molecule has 28 heavy (non-hydrogen) atoms. The highest BCUT2D eigenvalue weighted by Crippen LogP contribution is 2.21. The molecule has 3 rings (SSSR count). The van der Waals surface area contributed by atoms with E-state index in [1.54, 1.807) is 0 Å². The molecule has 0 radical (unpaired) electrons. The van der Waals surface area contributed by atoms with E-state index in [0.717, 1.165) is 50.9 Å². The van der Waals surface area contributed by atoms with Crippen LogP contribution in [0.3, 0.4) is 0 Å². The van der Waals surface area contributed by atoms with Gasteiger partial charge in [0.15, 0.2) is 0 Å². The van der Waals surface area contributed by atoms with Crippen molar-refractivity contribution in [3.05, 3.63) is 35.9 Å². The number of urea groups is 1. The Balaban J connectivity index is 1.33. The van der Waals surface area contributed by atoms with Crippen molar-refractivity contribution in [3.8, 4) is 0 Å². The molecule has 2 aliphatic heterocycles. The lowest BCUT2D eigenvalue weighted by molar-refractivity contribution is -0.136. The number of piperidine rings is 1. The van der Waals surface area contributed by atoms with Gasteiger partial charge in [-0.2, -0.15) is 0 Å². The summed E-state index contributed by atoms with van der Waals surface area (Å²) in [5.74, 6) is 0.856. The lowest BCUT2D eigenvalue weighted by Gasteiger charge is -2.33. The summed E-state index contributed by atoms with van der Waals surface area (Å²) in [7, 11) is 1.86. The number of carbonyl (C=O) groups is 2. The average molecular weight is 388 g/mol. The second-order valence-electron chi connectivity index (χ2n) is 8.04. The highest BCUT2D eigenvalue weighted by atomic mass is 16.5. The van der Waals surface area contributed by atoms with Crippen LogP contribution in [0.1, 0.15) is 37.7 Å². The molecule has 154 valence electrons. The summed E-state index contributed by atoms with van der Waals surface area (Å²) in [6, 6.07) is 10.0. The van der Waals surface area contributed by atoms with E-state index in [9.17, 15) is 9.59 Å². The Hall–Kier alpha value is -2.08. The molecule has 0 aliphatic carbocycles. The Morgan fingerprint density at radius 3 is 2.61 bits per heavy atom. The number of ether oxygens (including phenoxy) is 1. The van der Waals surface area contributed by atoms with Gasteiger partial charge < -0.3 is 19.9 Å². The second-order valence-corrected chi connectivity index (χ2v) is 8.04. The van der Waals surface area contributed by atoms with Crippen LogP contribution in [0.25, 0.3) is 0 Å². The average Bonchev–Trinajstić information content (AvgIpc) is 3.25. The van der Waals surface area contributed by atoms with Gasteiger partial charge in [-0.3, -0.25) is 4.79 Å². The van der Waals surface area contributed by atoms with E-state index in [2.05, 4.69) is 5.32 Å². The zero-order chi connectivity index (χ0) is 19.8. The molecule has 6 nitrogen and oxygen atoms in total. The van der Waals surface area contributed by atoms with E-state index in [1.807, 2.05) is 47.2 Å². The van der Waals surface area contributed by atoms with Crippen LogP contribution in [0.5, 0.6) is 0 Å². The monoisotopic (exact) mass is 387 g/mol. The summed E-state index contributed by atoms with van der Waals surface area (Å²) in [6.45, 7) is 4.40. The van der Waals surface area contributed by atoms with Crippen LogP contribution in [-0.4, -0.2) is 61.6 Å². The van der Waals surface area contributed by atoms with Gasteiger partial charge in [-0.25, -0.2) is 4.79 Å². The summed E-state index contributed by atoms with van der Waals surface area (Å²) in [6.07, 6.45) is 4.74. The molecule has 2 fully saturated rings. The fourth-order valence-corrected chi connectivity index (χ4v) is 4.09. The van der Waals surface area contributed by atoms with Gasteiger partial charge in [0.2, 0.25) is 5.91 Å². The first kappa shape index (κ1) is 20.6. The molecular weight excluding hydrogens is 354 g/mol. The van der Waals surface area contributed by atoms with Gasteiger partial charge in [-0.05, 0) is 43.6 Å². The minimum absolute atomic E-state index is 0.00575. The van der Waals surface area contributed by atoms with Crippen LogP contribution in [-0.2, 0) is 16.1 Å². The van der Waals surface area contributed by atoms with E-state index in [-0.39, 0.29) is 17.9 Å². The molecule has 1 atom stereocenters. The Labute approximate surface area is 168 Å². The third kappa shape index (κ3) is 5.96. The van der Waals surface area contributed by atoms with Crippen molar-refractivity contribution in [3.63, 3.8) is 0 Å². The quantitative estimate of drug-likeness (QED) is 0.732. The van der Waals surface area contributed by atoms with Crippen molar-refractivity contribution >= 4 is 11.9 Å². The fraction of sp³-hybridized carbons (Fsp3) is 0.636. The molecule has 0 bridgehead atoms. The van der Waals surface area contributed by atoms with Crippen molar-refractivity contribution in [1.29, 1.82) is 0 Å². The molecular formula is C22H33N3O3. The Kier molecular flexibility index (Phi) is 7.71. The zero-order valence-electron chi connectivity index (χ0n) is 16.9. The minimum Gasteiger partial charge on any atom is -0.381 e. The molecule has 2 aliphatic rings. The predicted octanol–water partition coefficient (Wildman–Crippen LogP) is 2.88. The molecule has 2 saturated heterocycles. The van der Waals surface area contributed by atoms with Gasteiger partial charge in [0.25, 0.3) is 0 Å². The van der Waals surface area contributed by atoms with E-state index >= 15 is 0 Å². The smallest absolute Gasteiger partial charge is 0.317 e. The topological polar surface area (TPSA) is 61.9 Å². The molecule has 3 amide bonds. The summed E-state index contributed by atoms with van der Waals surface area (Å²) >= 11 is 0. The van der Waals surface area contributed by atoms with Gasteiger partial charge in [-0.15, -0.1) is 0 Å². The highest BCUT2D eigenvalue weighted by Gasteiger charge is 2.29. The molecule has 0 aromatic heterocycles. The van der Waals surface area contributed by atoms with Crippen molar-refractivity contribution in [2.75, 3.05) is 39.9 Å². The fourth-order valence-electron chi connectivity index (χ4n) is 4.09. The van der Waals surface area contributed by atoms with Gasteiger partial charge in [-0.1, -0.05) is 30.3 Å². The van der Waals surface area contributed by atoms with E-state index in [0.29, 0.717) is 32.1 Å². The lowest BCUT2D eigenvalue weighted by atomic mass is 9.95. The number of carbonyl (C=O) groups excluding carboxylic acids is 2. The minimum atomic E-state index is 0.00575. The number of likely N-dealkylation sites (tertiary alicyclic amines) is 1. The van der Waals surface area contributed by atoms with Crippen molar-refractivity contribution in [2.24, 2.45) is 11.8 Å². The first-order valence-corrected chi connectivity index (χ1v) is 10.5. The van der Waals surface area contributed by atoms with Crippen LogP contribution in [0.2, 0.25) is 0 Å². The van der Waals surface area contributed by atoms with Crippen molar-refractivity contribution < 1.29 is 14.3 Å². The zero-order valence-corrected chi connectivity index (χ0v) is 16.9. The predicted molar refractivity (Wildman–Crippen MR) is 109 cm³/mol. The SMILES string of the molecule is CN(Cc1ccccc1)C(=O)C1CCN(C(=O)NCCC[C@@H]2CCOC2)CC1. The molecule has 6 heteroatoms. The van der Waals surface area contributed by atoms with Gasteiger partial charge in [0.05, 0.1) is 0 Å². The number of hydrogen-bond donors (Lipinski definition) is 1. The van der Waals surface area contributed by atoms with E-state index in [1.165, 1.54) is 0 Å². The summed E-state index contributed by atoms with van der Waals surface area (Å²) in [5.41, 5.74) is 1.14. The largest absolute Gasteiger partial charge is 0.381 e. The van der Waals surface area contributed by atoms with Crippen molar-refractivity contribution in [2.45, 2.75) is 38.6 Å². The molecule has 1 N–H and O–H groups in total. The van der Waals surface area contributed by atoms with E-state index < -0.39 is 0 Å². The molecule has 1 aromatic carbocycles. The standard InChI is InChI=1S/C22H33N3O3/c1-24(16-18-6-3-2-4-7-18)21(26)20-9-13-25(14-10-20)22(27)23-12-5-8-19-11-15-28-17-19/h2-4,6-7,19-20H,5,8-17H2,1H3,(H,23,27)/t19-/m1/s1. The normalized spacial score (nSPS) is 20.2. The Morgan fingerprint density at radius 2 is 1.93 bits per heavy atom. The molecule has 0 saturated carbocycles. The maximum Gasteiger partial charge on any atom is 0.317 e. The summed E-state index contributed by atoms with van der Waals surface area (Å²) < 4.78 is 5.38. The highest BCUT2D eigenvalue weighted by molar-refractivity contribution is 5.79. The maximum atomic E-state index is 12.7. The van der Waals surface area contributed by atoms with E-state index in [4.69, 9.17) is 4.74 Å². The summed E-state index contributed by atoms with van der Waals surface area (Å²) in [5, 5.41) is 3.03. The van der Waals surface area contributed by atoms with Crippen LogP contribution in [0.15, 0.2) is 30.3 Å². The first-order chi connectivity index (χ1) is 13.6. The van der Waals surface area contributed by atoms with Gasteiger partial charge >= 0.3 is 6.03 Å². The third-order valence-corrected chi connectivity index (χ3v) is 5.86. The van der Waals surface area contributed by atoms with Gasteiger partial charge in [0.1, 0.15) is 0 Å². The molecule has 0 unspecified atom stereocenters. The number of hydrogen-bond acceptors (Lipinski definition) is 3.